The van der Waals surface area contributed by atoms with Gasteiger partial charge in [-0.2, -0.15) is 0 Å². The van der Waals surface area contributed by atoms with E-state index in [9.17, 15) is 5.11 Å². The number of aromatic amines is 1. The predicted octanol–water partition coefficient (Wildman–Crippen LogP) is 4.57. The van der Waals surface area contributed by atoms with E-state index in [1.807, 2.05) is 30.3 Å². The molecule has 0 aliphatic carbocycles. The van der Waals surface area contributed by atoms with E-state index >= 15 is 0 Å². The number of halogens is 1. The summed E-state index contributed by atoms with van der Waals surface area (Å²) >= 11 is 5.06. The molecule has 0 saturated heterocycles. The van der Waals surface area contributed by atoms with Gasteiger partial charge in [0.05, 0.1) is 11.6 Å². The van der Waals surface area contributed by atoms with E-state index in [1.54, 1.807) is 11.8 Å². The lowest BCUT2D eigenvalue weighted by Crippen LogP contribution is -1.87. The molecule has 0 aliphatic rings. The van der Waals surface area contributed by atoms with Crippen molar-refractivity contribution in [3.05, 3.63) is 58.6 Å². The number of hydrogen-bond acceptors (Lipinski definition) is 2. The number of nitrogens with one attached hydrogen (secondary N) is 1. The molecule has 0 unspecified atom stereocenters. The van der Waals surface area contributed by atoms with Crippen LogP contribution >= 0.6 is 27.7 Å². The van der Waals surface area contributed by atoms with Gasteiger partial charge in [0.2, 0.25) is 0 Å². The molecular weight excluding hydrogens is 322 g/mol. The normalized spacial score (nSPS) is 11.1. The molecule has 0 radical (unpaired) electrons. The zero-order valence-corrected chi connectivity index (χ0v) is 12.5. The van der Waals surface area contributed by atoms with E-state index in [0.29, 0.717) is 0 Å². The van der Waals surface area contributed by atoms with Gasteiger partial charge in [-0.3, -0.25) is 0 Å². The second-order valence-electron chi connectivity index (χ2n) is 4.23. The van der Waals surface area contributed by atoms with Crippen LogP contribution in [-0.2, 0) is 6.61 Å². The van der Waals surface area contributed by atoms with E-state index in [4.69, 9.17) is 0 Å². The molecule has 3 rings (SSSR count). The lowest BCUT2D eigenvalue weighted by atomic mass is 10.2. The Balaban J connectivity index is 1.96. The van der Waals surface area contributed by atoms with Crippen LogP contribution in [0.15, 0.2) is 62.9 Å². The predicted molar refractivity (Wildman–Crippen MR) is 82.5 cm³/mol. The van der Waals surface area contributed by atoms with Crippen LogP contribution in [0.2, 0.25) is 0 Å². The SMILES string of the molecule is OCc1cc(Br)ccc1Sc1cc2ccccc2[nH]1. The zero-order chi connectivity index (χ0) is 13.2. The van der Waals surface area contributed by atoms with E-state index in [1.165, 1.54) is 5.39 Å². The van der Waals surface area contributed by atoms with Crippen LogP contribution in [0.3, 0.4) is 0 Å². The first-order valence-electron chi connectivity index (χ1n) is 5.91. The molecule has 1 aromatic heterocycles. The summed E-state index contributed by atoms with van der Waals surface area (Å²) in [5.74, 6) is 0. The molecule has 3 aromatic rings. The van der Waals surface area contributed by atoms with Crippen LogP contribution in [0.4, 0.5) is 0 Å². The maximum absolute atomic E-state index is 9.42. The van der Waals surface area contributed by atoms with Crippen molar-refractivity contribution >= 4 is 38.6 Å². The minimum Gasteiger partial charge on any atom is -0.392 e. The van der Waals surface area contributed by atoms with Gasteiger partial charge in [-0.1, -0.05) is 45.9 Å². The summed E-state index contributed by atoms with van der Waals surface area (Å²) in [7, 11) is 0. The highest BCUT2D eigenvalue weighted by molar-refractivity contribution is 9.10. The van der Waals surface area contributed by atoms with Crippen molar-refractivity contribution < 1.29 is 5.11 Å². The summed E-state index contributed by atoms with van der Waals surface area (Å²) in [6, 6.07) is 16.3. The molecule has 0 bridgehead atoms. The summed E-state index contributed by atoms with van der Waals surface area (Å²) in [5, 5.41) is 11.7. The third-order valence-corrected chi connectivity index (χ3v) is 4.47. The fourth-order valence-corrected chi connectivity index (χ4v) is 3.37. The first-order chi connectivity index (χ1) is 9.26. The number of fused-ring (bicyclic) bond motifs is 1. The Hall–Kier alpha value is -1.23. The molecule has 0 saturated carbocycles. The van der Waals surface area contributed by atoms with Crippen molar-refractivity contribution in [1.82, 2.24) is 4.98 Å². The molecule has 2 nitrogen and oxygen atoms in total. The van der Waals surface area contributed by atoms with E-state index in [2.05, 4.69) is 39.1 Å². The lowest BCUT2D eigenvalue weighted by Gasteiger charge is -2.06. The van der Waals surface area contributed by atoms with Crippen molar-refractivity contribution in [3.8, 4) is 0 Å². The summed E-state index contributed by atoms with van der Waals surface area (Å²) in [6.45, 7) is 0.0437. The number of H-pyrrole nitrogens is 1. The highest BCUT2D eigenvalue weighted by atomic mass is 79.9. The molecule has 0 amide bonds. The molecule has 1 heterocycles. The van der Waals surface area contributed by atoms with Gasteiger partial charge in [0.1, 0.15) is 0 Å². The Bertz CT molecular complexity index is 690. The van der Waals surface area contributed by atoms with Gasteiger partial charge in [0, 0.05) is 20.3 Å². The highest BCUT2D eigenvalue weighted by Gasteiger charge is 2.07. The molecule has 0 spiro atoms. The Morgan fingerprint density at radius 3 is 2.74 bits per heavy atom. The lowest BCUT2D eigenvalue weighted by molar-refractivity contribution is 0.279. The Labute approximate surface area is 124 Å². The van der Waals surface area contributed by atoms with E-state index < -0.39 is 0 Å². The van der Waals surface area contributed by atoms with Gasteiger partial charge in [0.25, 0.3) is 0 Å². The highest BCUT2D eigenvalue weighted by Crippen LogP contribution is 2.33. The Morgan fingerprint density at radius 1 is 1.11 bits per heavy atom. The number of benzene rings is 2. The third-order valence-electron chi connectivity index (χ3n) is 2.92. The number of rotatable bonds is 3. The molecule has 96 valence electrons. The Kier molecular flexibility index (Phi) is 3.64. The van der Waals surface area contributed by atoms with Crippen molar-refractivity contribution in [1.29, 1.82) is 0 Å². The first kappa shape index (κ1) is 12.8. The van der Waals surface area contributed by atoms with Crippen LogP contribution in [0.5, 0.6) is 0 Å². The third kappa shape index (κ3) is 2.71. The van der Waals surface area contributed by atoms with Crippen molar-refractivity contribution in [3.63, 3.8) is 0 Å². The van der Waals surface area contributed by atoms with Crippen LogP contribution in [0, 0.1) is 0 Å². The summed E-state index contributed by atoms with van der Waals surface area (Å²) < 4.78 is 0.984. The fraction of sp³-hybridized carbons (Fsp3) is 0.0667. The van der Waals surface area contributed by atoms with Crippen molar-refractivity contribution in [2.45, 2.75) is 16.5 Å². The largest absolute Gasteiger partial charge is 0.392 e. The second-order valence-corrected chi connectivity index (χ2v) is 6.23. The molecule has 0 aliphatic heterocycles. The van der Waals surface area contributed by atoms with Crippen LogP contribution < -0.4 is 0 Å². The average Bonchev–Trinajstić information content (AvgIpc) is 2.83. The summed E-state index contributed by atoms with van der Waals surface area (Å²) in [5.41, 5.74) is 2.06. The molecule has 4 heteroatoms. The summed E-state index contributed by atoms with van der Waals surface area (Å²) in [6.07, 6.45) is 0. The number of para-hydroxylation sites is 1. The maximum Gasteiger partial charge on any atom is 0.0781 e. The second kappa shape index (κ2) is 5.41. The monoisotopic (exact) mass is 333 g/mol. The van der Waals surface area contributed by atoms with Crippen molar-refractivity contribution in [2.24, 2.45) is 0 Å². The summed E-state index contributed by atoms with van der Waals surface area (Å²) in [4.78, 5) is 4.45. The number of aliphatic hydroxyl groups is 1. The maximum atomic E-state index is 9.42. The van der Waals surface area contributed by atoms with Gasteiger partial charge in [-0.25, -0.2) is 0 Å². The van der Waals surface area contributed by atoms with Crippen molar-refractivity contribution in [2.75, 3.05) is 0 Å². The van der Waals surface area contributed by atoms with Gasteiger partial charge < -0.3 is 10.1 Å². The van der Waals surface area contributed by atoms with Gasteiger partial charge in [-0.15, -0.1) is 0 Å². The minimum atomic E-state index is 0.0437. The fourth-order valence-electron chi connectivity index (χ4n) is 1.99. The molecule has 2 N–H and O–H groups in total. The smallest absolute Gasteiger partial charge is 0.0781 e. The Morgan fingerprint density at radius 2 is 1.95 bits per heavy atom. The number of hydrogen-bond donors (Lipinski definition) is 2. The van der Waals surface area contributed by atoms with E-state index in [0.717, 1.165) is 25.5 Å². The van der Waals surface area contributed by atoms with Crippen LogP contribution in [0.25, 0.3) is 10.9 Å². The molecule has 19 heavy (non-hydrogen) atoms. The number of aliphatic hydroxyl groups excluding tert-OH is 1. The molecule has 0 fully saturated rings. The molecular formula is C15H12BrNOS. The topological polar surface area (TPSA) is 36.0 Å². The standard InChI is InChI=1S/C15H12BrNOS/c16-12-5-6-14(11(7-12)9-18)19-15-8-10-3-1-2-4-13(10)17-15/h1-8,17-18H,9H2. The molecule has 0 atom stereocenters. The van der Waals surface area contributed by atoms with Gasteiger partial charge in [0.15, 0.2) is 0 Å². The van der Waals surface area contributed by atoms with Gasteiger partial charge >= 0.3 is 0 Å². The van der Waals surface area contributed by atoms with Crippen LogP contribution in [0.1, 0.15) is 5.56 Å². The van der Waals surface area contributed by atoms with Crippen LogP contribution in [-0.4, -0.2) is 10.1 Å². The number of aromatic nitrogens is 1. The minimum absolute atomic E-state index is 0.0437. The zero-order valence-electron chi connectivity index (χ0n) is 10.1. The first-order valence-corrected chi connectivity index (χ1v) is 7.52. The van der Waals surface area contributed by atoms with Gasteiger partial charge in [-0.05, 0) is 35.9 Å². The van der Waals surface area contributed by atoms with E-state index in [-0.39, 0.29) is 6.61 Å². The average molecular weight is 334 g/mol. The molecule has 2 aromatic carbocycles. The quantitative estimate of drug-likeness (QED) is 0.736.